The van der Waals surface area contributed by atoms with E-state index in [0.717, 1.165) is 38.5 Å². The number of ketones is 1. The molecule has 0 saturated carbocycles. The lowest BCUT2D eigenvalue weighted by atomic mass is 10.1. The number of methoxy groups -OCH3 is 1. The summed E-state index contributed by atoms with van der Waals surface area (Å²) in [7, 11) is 1.67. The van der Waals surface area contributed by atoms with Gasteiger partial charge in [0.25, 0.3) is 11.5 Å². The maximum absolute atomic E-state index is 14.4. The first-order valence-corrected chi connectivity index (χ1v) is 19.8. The number of fused-ring (bicyclic) bond motifs is 1. The minimum Gasteiger partial charge on any atom is -0.497 e. The van der Waals surface area contributed by atoms with Crippen LogP contribution in [0.4, 0.5) is 0 Å². The Morgan fingerprint density at radius 3 is 2.12 bits per heavy atom. The molecule has 2 aliphatic heterocycles. The molecule has 57 heavy (non-hydrogen) atoms. The lowest BCUT2D eigenvalue weighted by molar-refractivity contribution is -0.135. The highest BCUT2D eigenvalue weighted by Gasteiger charge is 2.26. The molecule has 2 saturated heterocycles. The van der Waals surface area contributed by atoms with Crippen LogP contribution < -0.4 is 19.8 Å². The summed E-state index contributed by atoms with van der Waals surface area (Å²) < 4.78 is 18.9. The summed E-state index contributed by atoms with van der Waals surface area (Å²) in [4.78, 5) is 55.0. The highest BCUT2D eigenvalue weighted by molar-refractivity contribution is 6.30. The Kier molecular flexibility index (Phi) is 12.8. The van der Waals surface area contributed by atoms with Gasteiger partial charge in [0.05, 0.1) is 42.9 Å². The van der Waals surface area contributed by atoms with Crippen LogP contribution in [-0.4, -0.2) is 120 Å². The molecule has 4 aromatic carbocycles. The molecule has 0 unspecified atom stereocenters. The van der Waals surface area contributed by atoms with Crippen molar-refractivity contribution in [3.63, 3.8) is 0 Å². The monoisotopic (exact) mass is 792 g/mol. The standard InChI is InChI=1S/C44H49ClN6O6/c1-31(2)57-41-17-10-33(40(52)28-48-20-18-47(19-21-48)27-32-8-13-35(55-3)14-9-32)26-39(41)51-42(46-38-7-5-4-6-37(38)44(51)54)29-49-22-24-50(25-23-49)43(53)30-56-36-15-11-34(45)12-16-36/h4-17,26,31H,18-25,27-30H2,1-3H3. The van der Waals surface area contributed by atoms with Gasteiger partial charge in [0, 0.05) is 69.5 Å². The number of carbonyl (C=O) groups is 2. The molecule has 298 valence electrons. The zero-order valence-electron chi connectivity index (χ0n) is 32.7. The molecule has 0 N–H and O–H groups in total. The van der Waals surface area contributed by atoms with Gasteiger partial charge >= 0.3 is 0 Å². The molecule has 0 aliphatic carbocycles. The molecule has 2 fully saturated rings. The van der Waals surface area contributed by atoms with Crippen molar-refractivity contribution in [2.45, 2.75) is 33.0 Å². The summed E-state index contributed by atoms with van der Waals surface area (Å²) in [6.45, 7) is 10.7. The third kappa shape index (κ3) is 10.0. The minimum atomic E-state index is -0.241. The first kappa shape index (κ1) is 39.9. The predicted octanol–water partition coefficient (Wildman–Crippen LogP) is 5.56. The number of amides is 1. The van der Waals surface area contributed by atoms with Crippen LogP contribution in [0.3, 0.4) is 0 Å². The van der Waals surface area contributed by atoms with Gasteiger partial charge in [-0.3, -0.25) is 33.7 Å². The van der Waals surface area contributed by atoms with Gasteiger partial charge in [-0.15, -0.1) is 0 Å². The number of piperazine rings is 2. The molecule has 1 amide bonds. The first-order chi connectivity index (χ1) is 27.6. The summed E-state index contributed by atoms with van der Waals surface area (Å²) in [5, 5.41) is 1.07. The van der Waals surface area contributed by atoms with Crippen LogP contribution >= 0.6 is 11.6 Å². The van der Waals surface area contributed by atoms with E-state index in [1.165, 1.54) is 5.56 Å². The number of Topliss-reactive ketones (excluding diaryl/α,β-unsaturated/α-hetero) is 1. The van der Waals surface area contributed by atoms with E-state index in [-0.39, 0.29) is 36.5 Å². The van der Waals surface area contributed by atoms with Crippen LogP contribution in [0.15, 0.2) is 95.8 Å². The molecule has 13 heteroatoms. The van der Waals surface area contributed by atoms with Crippen molar-refractivity contribution in [2.75, 3.05) is 72.6 Å². The fourth-order valence-electron chi connectivity index (χ4n) is 7.26. The van der Waals surface area contributed by atoms with E-state index in [4.69, 9.17) is 30.8 Å². The van der Waals surface area contributed by atoms with E-state index in [2.05, 4.69) is 26.8 Å². The zero-order valence-corrected chi connectivity index (χ0v) is 33.5. The van der Waals surface area contributed by atoms with Crippen LogP contribution in [-0.2, 0) is 17.9 Å². The number of halogens is 1. The average Bonchev–Trinajstić information content (AvgIpc) is 3.22. The Hall–Kier alpha value is -5.27. The largest absolute Gasteiger partial charge is 0.497 e. The maximum atomic E-state index is 14.4. The molecule has 12 nitrogen and oxygen atoms in total. The summed E-state index contributed by atoms with van der Waals surface area (Å²) in [6.07, 6.45) is -0.179. The Labute approximate surface area is 338 Å². The van der Waals surface area contributed by atoms with Gasteiger partial charge in [-0.2, -0.15) is 0 Å². The summed E-state index contributed by atoms with van der Waals surface area (Å²) in [5.41, 5.74) is 2.55. The SMILES string of the molecule is COc1ccc(CN2CCN(CC(=O)c3ccc(OC(C)C)c(-n4c(CN5CCN(C(=O)COc6ccc(Cl)cc6)CC5)nc5ccccc5c4=O)c3)CC2)cc1. The molecule has 0 atom stereocenters. The van der Waals surface area contributed by atoms with Crippen LogP contribution in [0.2, 0.25) is 5.02 Å². The van der Waals surface area contributed by atoms with Crippen molar-refractivity contribution < 1.29 is 23.8 Å². The second-order valence-electron chi connectivity index (χ2n) is 14.8. The number of rotatable bonds is 14. The molecule has 1 aromatic heterocycles. The van der Waals surface area contributed by atoms with Crippen molar-refractivity contribution in [2.24, 2.45) is 0 Å². The molecule has 0 spiro atoms. The van der Waals surface area contributed by atoms with E-state index in [1.807, 2.05) is 44.2 Å². The van der Waals surface area contributed by atoms with E-state index < -0.39 is 0 Å². The predicted molar refractivity (Wildman–Crippen MR) is 221 cm³/mol. The van der Waals surface area contributed by atoms with Crippen molar-refractivity contribution in [1.29, 1.82) is 0 Å². The minimum absolute atomic E-state index is 0.0277. The Bertz CT molecular complexity index is 2230. The number of benzene rings is 4. The van der Waals surface area contributed by atoms with E-state index in [0.29, 0.717) is 77.2 Å². The molecule has 0 radical (unpaired) electrons. The molecule has 0 bridgehead atoms. The van der Waals surface area contributed by atoms with Gasteiger partial charge in [0.15, 0.2) is 12.4 Å². The van der Waals surface area contributed by atoms with Crippen molar-refractivity contribution in [3.05, 3.63) is 123 Å². The van der Waals surface area contributed by atoms with Gasteiger partial charge in [-0.25, -0.2) is 4.98 Å². The van der Waals surface area contributed by atoms with Gasteiger partial charge in [0.2, 0.25) is 0 Å². The summed E-state index contributed by atoms with van der Waals surface area (Å²) in [5.74, 6) is 2.31. The number of hydrogen-bond acceptors (Lipinski definition) is 10. The fraction of sp³-hybridized carbons (Fsp3) is 0.364. The number of para-hydroxylation sites is 1. The van der Waals surface area contributed by atoms with Crippen LogP contribution in [0.1, 0.15) is 35.6 Å². The van der Waals surface area contributed by atoms with Gasteiger partial charge < -0.3 is 19.1 Å². The molecular weight excluding hydrogens is 744 g/mol. The lowest BCUT2D eigenvalue weighted by Gasteiger charge is -2.35. The second-order valence-corrected chi connectivity index (χ2v) is 15.2. The van der Waals surface area contributed by atoms with Crippen LogP contribution in [0, 0.1) is 0 Å². The maximum Gasteiger partial charge on any atom is 0.266 e. The Morgan fingerprint density at radius 1 is 0.772 bits per heavy atom. The van der Waals surface area contributed by atoms with Gasteiger partial charge in [-0.1, -0.05) is 35.9 Å². The Balaban J connectivity index is 1.07. The number of ether oxygens (including phenoxy) is 3. The van der Waals surface area contributed by atoms with E-state index in [9.17, 15) is 14.4 Å². The second kappa shape index (κ2) is 18.3. The summed E-state index contributed by atoms with van der Waals surface area (Å²) >= 11 is 5.97. The van der Waals surface area contributed by atoms with E-state index in [1.54, 1.807) is 65.1 Å². The first-order valence-electron chi connectivity index (χ1n) is 19.4. The van der Waals surface area contributed by atoms with Crippen molar-refractivity contribution in [1.82, 2.24) is 29.2 Å². The molecule has 7 rings (SSSR count). The molecule has 2 aliphatic rings. The Morgan fingerprint density at radius 2 is 1.42 bits per heavy atom. The van der Waals surface area contributed by atoms with Crippen molar-refractivity contribution in [3.8, 4) is 22.9 Å². The zero-order chi connectivity index (χ0) is 39.9. The number of carbonyl (C=O) groups excluding carboxylic acids is 2. The quantitative estimate of drug-likeness (QED) is 0.133. The van der Waals surface area contributed by atoms with E-state index >= 15 is 0 Å². The normalized spacial score (nSPS) is 15.6. The van der Waals surface area contributed by atoms with Crippen molar-refractivity contribution >= 4 is 34.2 Å². The number of nitrogens with zero attached hydrogens (tertiary/aromatic N) is 6. The number of hydrogen-bond donors (Lipinski definition) is 0. The smallest absolute Gasteiger partial charge is 0.266 e. The number of aromatic nitrogens is 2. The van der Waals surface area contributed by atoms with Crippen LogP contribution in [0.5, 0.6) is 17.2 Å². The summed E-state index contributed by atoms with van der Waals surface area (Å²) in [6, 6.07) is 27.7. The van der Waals surface area contributed by atoms with Gasteiger partial charge in [-0.05, 0) is 86.1 Å². The fourth-order valence-corrected chi connectivity index (χ4v) is 7.39. The lowest BCUT2D eigenvalue weighted by Crippen LogP contribution is -2.50. The molecule has 5 aromatic rings. The van der Waals surface area contributed by atoms with Crippen LogP contribution in [0.25, 0.3) is 16.6 Å². The highest BCUT2D eigenvalue weighted by Crippen LogP contribution is 2.28. The average molecular weight is 793 g/mol. The molecular formula is C44H49ClN6O6. The third-order valence-electron chi connectivity index (χ3n) is 10.4. The third-order valence-corrected chi connectivity index (χ3v) is 10.6. The topological polar surface area (TPSA) is 110 Å². The highest BCUT2D eigenvalue weighted by atomic mass is 35.5. The van der Waals surface area contributed by atoms with Gasteiger partial charge in [0.1, 0.15) is 23.1 Å². The molecule has 3 heterocycles.